The summed E-state index contributed by atoms with van der Waals surface area (Å²) in [4.78, 5) is 10.8. The first-order chi connectivity index (χ1) is 8.44. The van der Waals surface area contributed by atoms with Crippen molar-refractivity contribution in [1.29, 1.82) is 0 Å². The first-order valence-electron chi connectivity index (χ1n) is 6.74. The first-order valence-corrected chi connectivity index (χ1v) is 6.74. The number of fused-ring (bicyclic) bond motifs is 2. The summed E-state index contributed by atoms with van der Waals surface area (Å²) in [5.74, 6) is 0.411. The zero-order valence-electron chi connectivity index (χ0n) is 11.5. The van der Waals surface area contributed by atoms with Crippen LogP contribution in [0.3, 0.4) is 0 Å². The number of carbonyl (C=O) groups excluding carboxylic acids is 1. The number of carbonyl (C=O) groups is 1. The normalized spacial score (nSPS) is 33.4. The van der Waals surface area contributed by atoms with E-state index in [0.29, 0.717) is 11.3 Å². The molecule has 2 aliphatic carbocycles. The molecule has 4 nitrogen and oxygen atoms in total. The molecule has 3 N–H and O–H groups in total. The van der Waals surface area contributed by atoms with Gasteiger partial charge in [-0.1, -0.05) is 24.5 Å². The SMILES string of the molecule is CC(C)=C1[C@H]2CCC[C@]1(C)CC/C2=N/NC(N)=O. The summed E-state index contributed by atoms with van der Waals surface area (Å²) in [6, 6.07) is -0.578. The molecule has 2 bridgehead atoms. The van der Waals surface area contributed by atoms with Gasteiger partial charge in [0.2, 0.25) is 0 Å². The first kappa shape index (κ1) is 13.1. The van der Waals surface area contributed by atoms with E-state index in [1.165, 1.54) is 18.4 Å². The fourth-order valence-corrected chi connectivity index (χ4v) is 3.78. The smallest absolute Gasteiger partial charge is 0.332 e. The van der Waals surface area contributed by atoms with Gasteiger partial charge < -0.3 is 5.73 Å². The number of hydrogen-bond donors (Lipinski definition) is 2. The second kappa shape index (κ2) is 4.75. The molecule has 0 aromatic rings. The highest BCUT2D eigenvalue weighted by Gasteiger charge is 2.43. The van der Waals surface area contributed by atoms with Gasteiger partial charge in [-0.15, -0.1) is 0 Å². The molecule has 100 valence electrons. The van der Waals surface area contributed by atoms with Crippen molar-refractivity contribution < 1.29 is 4.79 Å². The average molecular weight is 249 g/mol. The van der Waals surface area contributed by atoms with Crippen molar-refractivity contribution in [2.45, 2.75) is 52.9 Å². The number of amides is 2. The number of hydrazone groups is 1. The molecule has 0 radical (unpaired) electrons. The lowest BCUT2D eigenvalue weighted by atomic mass is 9.58. The Morgan fingerprint density at radius 2 is 2.17 bits per heavy atom. The minimum atomic E-state index is -0.578. The van der Waals surface area contributed by atoms with Crippen molar-refractivity contribution in [3.8, 4) is 0 Å². The minimum absolute atomic E-state index is 0.341. The molecule has 0 aliphatic heterocycles. The number of primary amides is 1. The van der Waals surface area contributed by atoms with E-state index in [-0.39, 0.29) is 0 Å². The van der Waals surface area contributed by atoms with Gasteiger partial charge in [0.15, 0.2) is 0 Å². The van der Waals surface area contributed by atoms with Crippen molar-refractivity contribution in [2.24, 2.45) is 22.2 Å². The van der Waals surface area contributed by atoms with Gasteiger partial charge in [-0.2, -0.15) is 5.10 Å². The summed E-state index contributed by atoms with van der Waals surface area (Å²) in [7, 11) is 0. The molecule has 0 aromatic heterocycles. The number of nitrogens with two attached hydrogens (primary N) is 1. The molecule has 4 heteroatoms. The predicted molar refractivity (Wildman–Crippen MR) is 73.2 cm³/mol. The number of urea groups is 1. The van der Waals surface area contributed by atoms with Gasteiger partial charge in [-0.05, 0) is 44.9 Å². The largest absolute Gasteiger partial charge is 0.350 e. The van der Waals surface area contributed by atoms with Crippen LogP contribution in [0, 0.1) is 11.3 Å². The number of allylic oxidation sites excluding steroid dienone is 2. The summed E-state index contributed by atoms with van der Waals surface area (Å²) >= 11 is 0. The summed E-state index contributed by atoms with van der Waals surface area (Å²) in [5, 5.41) is 4.22. The highest BCUT2D eigenvalue weighted by atomic mass is 16.2. The van der Waals surface area contributed by atoms with Crippen LogP contribution in [0.2, 0.25) is 0 Å². The maximum absolute atomic E-state index is 10.8. The Bertz CT molecular complexity index is 421. The second-order valence-electron chi connectivity index (χ2n) is 6.00. The molecule has 0 unspecified atom stereocenters. The van der Waals surface area contributed by atoms with Crippen LogP contribution in [0.5, 0.6) is 0 Å². The molecule has 0 aromatic carbocycles. The lowest BCUT2D eigenvalue weighted by Gasteiger charge is -2.47. The number of hydrogen-bond acceptors (Lipinski definition) is 2. The molecule has 0 saturated heterocycles. The van der Waals surface area contributed by atoms with E-state index >= 15 is 0 Å². The van der Waals surface area contributed by atoms with E-state index in [2.05, 4.69) is 31.3 Å². The fourth-order valence-electron chi connectivity index (χ4n) is 3.78. The zero-order valence-corrected chi connectivity index (χ0v) is 11.5. The van der Waals surface area contributed by atoms with Gasteiger partial charge in [-0.25, -0.2) is 10.2 Å². The summed E-state index contributed by atoms with van der Waals surface area (Å²) in [6.07, 6.45) is 5.77. The molecular weight excluding hydrogens is 226 g/mol. The van der Waals surface area contributed by atoms with Crippen LogP contribution in [0.15, 0.2) is 16.2 Å². The van der Waals surface area contributed by atoms with Crippen LogP contribution in [0.1, 0.15) is 52.9 Å². The van der Waals surface area contributed by atoms with E-state index in [1.54, 1.807) is 5.57 Å². The van der Waals surface area contributed by atoms with Gasteiger partial charge in [-0.3, -0.25) is 0 Å². The molecule has 2 rings (SSSR count). The monoisotopic (exact) mass is 249 g/mol. The maximum Gasteiger partial charge on any atom is 0.332 e. The van der Waals surface area contributed by atoms with E-state index in [4.69, 9.17) is 5.73 Å². The molecule has 0 spiro atoms. The third kappa shape index (κ3) is 2.28. The van der Waals surface area contributed by atoms with E-state index < -0.39 is 6.03 Å². The lowest BCUT2D eigenvalue weighted by molar-refractivity contribution is 0.240. The van der Waals surface area contributed by atoms with Crippen LogP contribution in [0.25, 0.3) is 0 Å². The molecule has 0 heterocycles. The molecule has 18 heavy (non-hydrogen) atoms. The third-order valence-electron chi connectivity index (χ3n) is 4.40. The van der Waals surface area contributed by atoms with Gasteiger partial charge in [0.1, 0.15) is 0 Å². The van der Waals surface area contributed by atoms with E-state index in [9.17, 15) is 4.79 Å². The molecule has 2 amide bonds. The topological polar surface area (TPSA) is 67.5 Å². The quantitative estimate of drug-likeness (QED) is 0.544. The van der Waals surface area contributed by atoms with Gasteiger partial charge in [0.25, 0.3) is 0 Å². The van der Waals surface area contributed by atoms with Crippen molar-refractivity contribution >= 4 is 11.7 Å². The average Bonchev–Trinajstić information content (AvgIpc) is 2.26. The maximum atomic E-state index is 10.8. The van der Waals surface area contributed by atoms with Gasteiger partial charge in [0.05, 0.1) is 0 Å². The Balaban J connectivity index is 2.32. The fraction of sp³-hybridized carbons (Fsp3) is 0.714. The Kier molecular flexibility index (Phi) is 3.46. The third-order valence-corrected chi connectivity index (χ3v) is 4.40. The molecular formula is C14H23N3O. The standard InChI is InChI=1S/C14H23N3O/c1-9(2)12-10-5-4-7-14(12,3)8-6-11(10)16-17-13(15)18/h10H,4-8H2,1-3H3,(H3,15,17,18)/b16-11-/t10-,14+/m0/s1. The predicted octanol–water partition coefficient (Wildman–Crippen LogP) is 2.95. The van der Waals surface area contributed by atoms with Gasteiger partial charge in [0, 0.05) is 11.6 Å². The number of rotatable bonds is 1. The van der Waals surface area contributed by atoms with Crippen LogP contribution in [-0.4, -0.2) is 11.7 Å². The van der Waals surface area contributed by atoms with E-state index in [1.807, 2.05) is 0 Å². The van der Waals surface area contributed by atoms with Crippen molar-refractivity contribution in [3.63, 3.8) is 0 Å². The van der Waals surface area contributed by atoms with Crippen molar-refractivity contribution in [2.75, 3.05) is 0 Å². The van der Waals surface area contributed by atoms with Crippen LogP contribution in [-0.2, 0) is 0 Å². The number of nitrogens with one attached hydrogen (secondary N) is 1. The van der Waals surface area contributed by atoms with Crippen molar-refractivity contribution in [1.82, 2.24) is 5.43 Å². The number of nitrogens with zero attached hydrogens (tertiary/aromatic N) is 1. The molecule has 2 aliphatic rings. The Morgan fingerprint density at radius 3 is 2.78 bits per heavy atom. The molecule has 2 atom stereocenters. The van der Waals surface area contributed by atoms with E-state index in [0.717, 1.165) is 25.0 Å². The molecule has 2 saturated carbocycles. The van der Waals surface area contributed by atoms with Crippen LogP contribution >= 0.6 is 0 Å². The highest BCUT2D eigenvalue weighted by molar-refractivity contribution is 5.92. The summed E-state index contributed by atoms with van der Waals surface area (Å²) in [5.41, 5.74) is 11.9. The zero-order chi connectivity index (χ0) is 13.3. The molecule has 2 fully saturated rings. The highest BCUT2D eigenvalue weighted by Crippen LogP contribution is 2.52. The second-order valence-corrected chi connectivity index (χ2v) is 6.00. The Morgan fingerprint density at radius 1 is 1.44 bits per heavy atom. The Labute approximate surface area is 109 Å². The Hall–Kier alpha value is -1.32. The summed E-state index contributed by atoms with van der Waals surface area (Å²) < 4.78 is 0. The van der Waals surface area contributed by atoms with Crippen molar-refractivity contribution in [3.05, 3.63) is 11.1 Å². The summed E-state index contributed by atoms with van der Waals surface area (Å²) in [6.45, 7) is 6.76. The minimum Gasteiger partial charge on any atom is -0.350 e. The van der Waals surface area contributed by atoms with Gasteiger partial charge >= 0.3 is 6.03 Å². The van der Waals surface area contributed by atoms with Crippen LogP contribution < -0.4 is 11.2 Å². The lowest BCUT2D eigenvalue weighted by Crippen LogP contribution is -2.40. The van der Waals surface area contributed by atoms with Crippen LogP contribution in [0.4, 0.5) is 4.79 Å².